The molecule has 0 aliphatic heterocycles. The molecule has 104 valence electrons. The minimum Gasteiger partial charge on any atom is -0.481 e. The third kappa shape index (κ3) is 3.48. The van der Waals surface area contributed by atoms with Gasteiger partial charge in [-0.15, -0.1) is 0 Å². The van der Waals surface area contributed by atoms with Crippen LogP contribution >= 0.6 is 15.9 Å². The van der Waals surface area contributed by atoms with Gasteiger partial charge in [0, 0.05) is 10.5 Å². The second-order valence-electron chi connectivity index (χ2n) is 4.12. The lowest BCUT2D eigenvalue weighted by Gasteiger charge is -2.17. The Labute approximate surface area is 125 Å². The molecule has 3 N–H and O–H groups in total. The van der Waals surface area contributed by atoms with Crippen molar-refractivity contribution in [2.24, 2.45) is 5.73 Å². The van der Waals surface area contributed by atoms with E-state index in [2.05, 4.69) is 26.2 Å². The maximum absolute atomic E-state index is 11.6. The molecule has 0 spiro atoms. The average Bonchev–Trinajstić information content (AvgIpc) is 2.46. The number of hydrogen-bond donors (Lipinski definition) is 2. The van der Waals surface area contributed by atoms with Gasteiger partial charge in [0.1, 0.15) is 6.04 Å². The zero-order valence-electron chi connectivity index (χ0n) is 10.8. The Hall–Kier alpha value is -2.08. The van der Waals surface area contributed by atoms with Crippen molar-refractivity contribution in [1.82, 2.24) is 4.98 Å². The van der Waals surface area contributed by atoms with Gasteiger partial charge < -0.3 is 15.8 Å². The summed E-state index contributed by atoms with van der Waals surface area (Å²) in [4.78, 5) is 15.7. The molecule has 0 aliphatic carbocycles. The summed E-state index contributed by atoms with van der Waals surface area (Å²) in [5.41, 5.74) is 6.93. The first-order valence-corrected chi connectivity index (χ1v) is 6.71. The van der Waals surface area contributed by atoms with Crippen LogP contribution in [0.1, 0.15) is 11.6 Å². The van der Waals surface area contributed by atoms with Crippen molar-refractivity contribution >= 4 is 27.5 Å². The van der Waals surface area contributed by atoms with E-state index in [1.807, 2.05) is 24.3 Å². The zero-order valence-corrected chi connectivity index (χ0v) is 12.4. The van der Waals surface area contributed by atoms with E-state index in [4.69, 9.17) is 10.5 Å². The number of carbonyl (C=O) groups is 1. The minimum atomic E-state index is -0.613. The molecule has 6 heteroatoms. The number of nitrogens with one attached hydrogen (secondary N) is 1. The molecule has 20 heavy (non-hydrogen) atoms. The maximum atomic E-state index is 11.6. The first kappa shape index (κ1) is 14.3. The Bertz CT molecular complexity index is 584. The number of hydrogen-bond acceptors (Lipinski definition) is 4. The van der Waals surface area contributed by atoms with Gasteiger partial charge in [0.15, 0.2) is 0 Å². The molecular formula is C14H14BrN3O2. The third-order valence-electron chi connectivity index (χ3n) is 2.74. The van der Waals surface area contributed by atoms with Gasteiger partial charge in [-0.2, -0.15) is 0 Å². The van der Waals surface area contributed by atoms with Gasteiger partial charge in [0.05, 0.1) is 19.0 Å². The van der Waals surface area contributed by atoms with E-state index >= 15 is 0 Å². The number of halogens is 1. The lowest BCUT2D eigenvalue weighted by Crippen LogP contribution is -2.27. The van der Waals surface area contributed by atoms with E-state index in [1.54, 1.807) is 25.4 Å². The number of pyridine rings is 1. The van der Waals surface area contributed by atoms with Crippen LogP contribution in [-0.2, 0) is 4.79 Å². The second kappa shape index (κ2) is 6.38. The summed E-state index contributed by atoms with van der Waals surface area (Å²) in [5, 5.41) is 3.06. The van der Waals surface area contributed by atoms with Gasteiger partial charge in [0.25, 0.3) is 0 Å². The summed E-state index contributed by atoms with van der Waals surface area (Å²) in [5.74, 6) is 0.0537. The summed E-state index contributed by atoms with van der Waals surface area (Å²) in [7, 11) is 1.55. The molecule has 1 aromatic heterocycles. The van der Waals surface area contributed by atoms with Gasteiger partial charge in [0.2, 0.25) is 11.8 Å². The highest BCUT2D eigenvalue weighted by atomic mass is 79.9. The van der Waals surface area contributed by atoms with Crippen LogP contribution < -0.4 is 15.8 Å². The average molecular weight is 336 g/mol. The summed E-state index contributed by atoms with van der Waals surface area (Å²) in [6, 6.07) is 10.3. The van der Waals surface area contributed by atoms with E-state index < -0.39 is 11.9 Å². The molecule has 0 radical (unpaired) electrons. The molecule has 1 aromatic carbocycles. The zero-order chi connectivity index (χ0) is 14.5. The van der Waals surface area contributed by atoms with Crippen LogP contribution in [0.4, 0.5) is 5.69 Å². The highest BCUT2D eigenvalue weighted by Gasteiger charge is 2.17. The standard InChI is InChI=1S/C14H14BrN3O2/c1-20-12-7-6-11(8-17-12)18-13(14(16)19)9-2-4-10(15)5-3-9/h2-8,13,18H,1H3,(H2,16,19). The second-order valence-corrected chi connectivity index (χ2v) is 5.04. The number of nitrogens with zero attached hydrogens (tertiary/aromatic N) is 1. The molecule has 5 nitrogen and oxygen atoms in total. The molecular weight excluding hydrogens is 322 g/mol. The smallest absolute Gasteiger partial charge is 0.244 e. The maximum Gasteiger partial charge on any atom is 0.244 e. The van der Waals surface area contributed by atoms with Crippen molar-refractivity contribution in [3.05, 3.63) is 52.6 Å². The van der Waals surface area contributed by atoms with Crippen molar-refractivity contribution in [3.8, 4) is 5.88 Å². The first-order chi connectivity index (χ1) is 9.60. The Morgan fingerprint density at radius 3 is 2.50 bits per heavy atom. The van der Waals surface area contributed by atoms with Gasteiger partial charge in [-0.25, -0.2) is 4.98 Å². The lowest BCUT2D eigenvalue weighted by atomic mass is 10.1. The topological polar surface area (TPSA) is 77.2 Å². The molecule has 2 rings (SSSR count). The molecule has 1 unspecified atom stereocenters. The number of aromatic nitrogens is 1. The normalized spacial score (nSPS) is 11.7. The van der Waals surface area contributed by atoms with Crippen LogP contribution in [0.3, 0.4) is 0 Å². The van der Waals surface area contributed by atoms with E-state index in [1.165, 1.54) is 0 Å². The number of primary amides is 1. The summed E-state index contributed by atoms with van der Waals surface area (Å²) < 4.78 is 5.92. The predicted octanol–water partition coefficient (Wildman–Crippen LogP) is 2.49. The molecule has 1 heterocycles. The van der Waals surface area contributed by atoms with Crippen molar-refractivity contribution in [3.63, 3.8) is 0 Å². The number of benzene rings is 1. The third-order valence-corrected chi connectivity index (χ3v) is 3.27. The van der Waals surface area contributed by atoms with E-state index in [0.29, 0.717) is 11.6 Å². The number of nitrogens with two attached hydrogens (primary N) is 1. The molecule has 0 saturated carbocycles. The summed E-state index contributed by atoms with van der Waals surface area (Å²) >= 11 is 3.35. The Morgan fingerprint density at radius 1 is 1.30 bits per heavy atom. The van der Waals surface area contributed by atoms with E-state index in [-0.39, 0.29) is 0 Å². The molecule has 0 fully saturated rings. The molecule has 2 aromatic rings. The molecule has 1 atom stereocenters. The van der Waals surface area contributed by atoms with E-state index in [0.717, 1.165) is 10.0 Å². The predicted molar refractivity (Wildman–Crippen MR) is 80.5 cm³/mol. The Morgan fingerprint density at radius 2 is 2.00 bits per heavy atom. The number of ether oxygens (including phenoxy) is 1. The van der Waals surface area contributed by atoms with Crippen molar-refractivity contribution in [2.75, 3.05) is 12.4 Å². The Kier molecular flexibility index (Phi) is 4.57. The van der Waals surface area contributed by atoms with Gasteiger partial charge in [-0.05, 0) is 23.8 Å². The fourth-order valence-electron chi connectivity index (χ4n) is 1.73. The van der Waals surface area contributed by atoms with Gasteiger partial charge >= 0.3 is 0 Å². The minimum absolute atomic E-state index is 0.455. The fourth-order valence-corrected chi connectivity index (χ4v) is 1.99. The quantitative estimate of drug-likeness (QED) is 0.879. The molecule has 0 aliphatic rings. The SMILES string of the molecule is COc1ccc(NC(C(N)=O)c2ccc(Br)cc2)cn1. The first-order valence-electron chi connectivity index (χ1n) is 5.91. The van der Waals surface area contributed by atoms with Crippen LogP contribution in [0.2, 0.25) is 0 Å². The van der Waals surface area contributed by atoms with Crippen LogP contribution in [0.5, 0.6) is 5.88 Å². The van der Waals surface area contributed by atoms with Crippen molar-refractivity contribution in [2.45, 2.75) is 6.04 Å². The molecule has 0 saturated heterocycles. The highest BCUT2D eigenvalue weighted by molar-refractivity contribution is 9.10. The van der Waals surface area contributed by atoms with Crippen LogP contribution in [-0.4, -0.2) is 18.0 Å². The van der Waals surface area contributed by atoms with Crippen molar-refractivity contribution in [1.29, 1.82) is 0 Å². The van der Waals surface area contributed by atoms with E-state index in [9.17, 15) is 4.79 Å². The largest absolute Gasteiger partial charge is 0.481 e. The highest BCUT2D eigenvalue weighted by Crippen LogP contribution is 2.22. The summed E-state index contributed by atoms with van der Waals surface area (Å²) in [6.45, 7) is 0. The van der Waals surface area contributed by atoms with Crippen LogP contribution in [0, 0.1) is 0 Å². The number of carbonyl (C=O) groups excluding carboxylic acids is 1. The molecule has 0 bridgehead atoms. The van der Waals surface area contributed by atoms with Crippen LogP contribution in [0.15, 0.2) is 47.1 Å². The van der Waals surface area contributed by atoms with Crippen LogP contribution in [0.25, 0.3) is 0 Å². The van der Waals surface area contributed by atoms with Gasteiger partial charge in [-0.3, -0.25) is 4.79 Å². The fraction of sp³-hybridized carbons (Fsp3) is 0.143. The number of methoxy groups -OCH3 is 1. The Balaban J connectivity index is 2.20. The number of anilines is 1. The summed E-state index contributed by atoms with van der Waals surface area (Å²) in [6.07, 6.45) is 1.59. The number of amides is 1. The lowest BCUT2D eigenvalue weighted by molar-refractivity contribution is -0.118. The van der Waals surface area contributed by atoms with Gasteiger partial charge in [-0.1, -0.05) is 28.1 Å². The monoisotopic (exact) mass is 335 g/mol. The molecule has 1 amide bonds. The van der Waals surface area contributed by atoms with Crippen molar-refractivity contribution < 1.29 is 9.53 Å². The number of rotatable bonds is 5.